The van der Waals surface area contributed by atoms with Gasteiger partial charge in [0.15, 0.2) is 0 Å². The molecule has 3 aromatic rings. The quantitative estimate of drug-likeness (QED) is 0.442. The Morgan fingerprint density at radius 2 is 1.76 bits per heavy atom. The molecule has 0 aliphatic carbocycles. The van der Waals surface area contributed by atoms with Gasteiger partial charge in [0.25, 0.3) is 0 Å². The van der Waals surface area contributed by atoms with Crippen molar-refractivity contribution in [3.8, 4) is 0 Å². The smallest absolute Gasteiger partial charge is 0.228 e. The molecule has 8 heteroatoms. The topological polar surface area (TPSA) is 81.5 Å². The highest BCUT2D eigenvalue weighted by Crippen LogP contribution is 2.22. The number of sulfone groups is 1. The van der Waals surface area contributed by atoms with E-state index in [-0.39, 0.29) is 22.9 Å². The Bertz CT molecular complexity index is 1190. The average Bonchev–Trinajstić information content (AvgIpc) is 3.49. The Kier molecular flexibility index (Phi) is 7.80. The summed E-state index contributed by atoms with van der Waals surface area (Å²) in [5.41, 5.74) is 2.36. The zero-order chi connectivity index (χ0) is 24.0. The predicted molar refractivity (Wildman–Crippen MR) is 130 cm³/mol. The van der Waals surface area contributed by atoms with Crippen LogP contribution in [0, 0.1) is 0 Å². The number of nitrogens with zero attached hydrogens (tertiary/aromatic N) is 3. The van der Waals surface area contributed by atoms with Crippen molar-refractivity contribution in [1.29, 1.82) is 0 Å². The molecule has 0 spiro atoms. The molecule has 0 unspecified atom stereocenters. The molecule has 1 fully saturated rings. The van der Waals surface area contributed by atoms with Crippen LogP contribution in [0.3, 0.4) is 0 Å². The summed E-state index contributed by atoms with van der Waals surface area (Å²) in [6, 6.07) is 18.7. The molecule has 2 aromatic carbocycles. The van der Waals surface area contributed by atoms with E-state index in [0.29, 0.717) is 43.9 Å². The minimum absolute atomic E-state index is 0.00717. The molecule has 0 N–H and O–H groups in total. The summed E-state index contributed by atoms with van der Waals surface area (Å²) in [5.74, 6) is -0.132. The van der Waals surface area contributed by atoms with Gasteiger partial charge in [-0.3, -0.25) is 4.79 Å². The van der Waals surface area contributed by atoms with Crippen molar-refractivity contribution in [2.45, 2.75) is 56.3 Å². The van der Waals surface area contributed by atoms with E-state index in [9.17, 15) is 13.2 Å². The van der Waals surface area contributed by atoms with Gasteiger partial charge in [-0.1, -0.05) is 60.7 Å². The molecule has 0 radical (unpaired) electrons. The van der Waals surface area contributed by atoms with Crippen molar-refractivity contribution in [2.75, 3.05) is 13.2 Å². The third kappa shape index (κ3) is 5.93. The van der Waals surface area contributed by atoms with Crippen molar-refractivity contribution >= 4 is 15.7 Å². The second-order valence-electron chi connectivity index (χ2n) is 8.59. The number of hydrogen-bond acceptors (Lipinski definition) is 5. The highest BCUT2D eigenvalue weighted by Gasteiger charge is 2.28. The van der Waals surface area contributed by atoms with Gasteiger partial charge in [0.05, 0.1) is 43.3 Å². The lowest BCUT2D eigenvalue weighted by Crippen LogP contribution is -2.33. The number of aromatic nitrogens is 2. The molecular weight excluding hydrogens is 450 g/mol. The maximum atomic E-state index is 13.3. The molecule has 1 saturated heterocycles. The summed E-state index contributed by atoms with van der Waals surface area (Å²) in [7, 11) is -3.68. The number of hydrogen-bond donors (Lipinski definition) is 0. The third-order valence-corrected chi connectivity index (χ3v) is 7.67. The fourth-order valence-corrected chi connectivity index (χ4v) is 5.77. The number of benzene rings is 2. The van der Waals surface area contributed by atoms with Crippen molar-refractivity contribution < 1.29 is 17.9 Å². The molecule has 1 atom stereocenters. The highest BCUT2D eigenvalue weighted by molar-refractivity contribution is 7.90. The van der Waals surface area contributed by atoms with E-state index in [1.165, 1.54) is 0 Å². The minimum atomic E-state index is -3.68. The number of carbonyl (C=O) groups excluding carboxylic acids is 1. The molecule has 0 saturated carbocycles. The SMILES string of the molecule is CCN(Cc1cnc(S(=O)(=O)Cc2ccccc2)n1C[C@H]1CCCO1)C(=O)Cc1ccccc1. The van der Waals surface area contributed by atoms with E-state index in [4.69, 9.17) is 4.74 Å². The molecular formula is C26H31N3O4S. The van der Waals surface area contributed by atoms with Crippen LogP contribution in [0.2, 0.25) is 0 Å². The summed E-state index contributed by atoms with van der Waals surface area (Å²) in [5, 5.41) is 0.0356. The Hall–Kier alpha value is -2.97. The first-order valence-electron chi connectivity index (χ1n) is 11.7. The van der Waals surface area contributed by atoms with Crippen LogP contribution in [0.5, 0.6) is 0 Å². The molecule has 1 aliphatic heterocycles. The molecule has 7 nitrogen and oxygen atoms in total. The van der Waals surface area contributed by atoms with E-state index in [2.05, 4.69) is 4.98 Å². The molecule has 2 heterocycles. The van der Waals surface area contributed by atoms with Gasteiger partial charge in [-0.2, -0.15) is 0 Å². The van der Waals surface area contributed by atoms with E-state index < -0.39 is 9.84 Å². The first-order chi connectivity index (χ1) is 16.5. The summed E-state index contributed by atoms with van der Waals surface area (Å²) in [6.07, 6.45) is 3.66. The van der Waals surface area contributed by atoms with Gasteiger partial charge in [-0.15, -0.1) is 0 Å². The zero-order valence-corrected chi connectivity index (χ0v) is 20.3. The van der Waals surface area contributed by atoms with Gasteiger partial charge in [-0.05, 0) is 30.9 Å². The number of ether oxygens (including phenoxy) is 1. The molecule has 4 rings (SSSR count). The van der Waals surface area contributed by atoms with Crippen LogP contribution in [-0.2, 0) is 44.6 Å². The van der Waals surface area contributed by atoms with Crippen LogP contribution in [0.15, 0.2) is 72.0 Å². The Morgan fingerprint density at radius 3 is 2.38 bits per heavy atom. The van der Waals surface area contributed by atoms with Gasteiger partial charge in [0, 0.05) is 13.2 Å². The average molecular weight is 482 g/mol. The van der Waals surface area contributed by atoms with Gasteiger partial charge in [0.2, 0.25) is 20.9 Å². The number of rotatable bonds is 10. The zero-order valence-electron chi connectivity index (χ0n) is 19.5. The third-order valence-electron chi connectivity index (χ3n) is 6.07. The molecule has 0 bridgehead atoms. The lowest BCUT2D eigenvalue weighted by molar-refractivity contribution is -0.131. The first kappa shape index (κ1) is 24.2. The standard InChI is InChI=1S/C26H31N3O4S/c1-2-28(25(30)16-21-10-5-3-6-11-21)18-23-17-27-26(29(23)19-24-14-9-15-33-24)34(31,32)20-22-12-7-4-8-13-22/h3-8,10-13,17,24H,2,9,14-16,18-20H2,1H3/t24-/m1/s1. The molecule has 1 amide bonds. The Morgan fingerprint density at radius 1 is 1.09 bits per heavy atom. The Labute approximate surface area is 201 Å². The molecule has 1 aromatic heterocycles. The number of imidazole rings is 1. The molecule has 1 aliphatic rings. The normalized spacial score (nSPS) is 16.0. The van der Waals surface area contributed by atoms with Crippen LogP contribution in [0.4, 0.5) is 0 Å². The minimum Gasteiger partial charge on any atom is -0.376 e. The first-order valence-corrected chi connectivity index (χ1v) is 13.4. The summed E-state index contributed by atoms with van der Waals surface area (Å²) >= 11 is 0. The van der Waals surface area contributed by atoms with Crippen LogP contribution < -0.4 is 0 Å². The van der Waals surface area contributed by atoms with E-state index in [1.54, 1.807) is 27.8 Å². The van der Waals surface area contributed by atoms with Crippen molar-refractivity contribution in [3.05, 3.63) is 83.7 Å². The van der Waals surface area contributed by atoms with Crippen LogP contribution in [-0.4, -0.2) is 48.0 Å². The fourth-order valence-electron chi connectivity index (χ4n) is 4.27. The van der Waals surface area contributed by atoms with E-state index in [0.717, 1.165) is 18.4 Å². The Balaban J connectivity index is 1.59. The van der Waals surface area contributed by atoms with Crippen molar-refractivity contribution in [2.24, 2.45) is 0 Å². The van der Waals surface area contributed by atoms with Gasteiger partial charge in [-0.25, -0.2) is 13.4 Å². The molecule has 34 heavy (non-hydrogen) atoms. The maximum Gasteiger partial charge on any atom is 0.228 e. The van der Waals surface area contributed by atoms with E-state index >= 15 is 0 Å². The summed E-state index contributed by atoms with van der Waals surface area (Å²) in [4.78, 5) is 19.1. The summed E-state index contributed by atoms with van der Waals surface area (Å²) < 4.78 is 34.2. The lowest BCUT2D eigenvalue weighted by atomic mass is 10.1. The summed E-state index contributed by atoms with van der Waals surface area (Å²) in [6.45, 7) is 3.82. The number of carbonyl (C=O) groups is 1. The van der Waals surface area contributed by atoms with Gasteiger partial charge >= 0.3 is 0 Å². The highest BCUT2D eigenvalue weighted by atomic mass is 32.2. The molecule has 180 valence electrons. The lowest BCUT2D eigenvalue weighted by Gasteiger charge is -2.23. The second-order valence-corrected chi connectivity index (χ2v) is 10.5. The van der Waals surface area contributed by atoms with Gasteiger partial charge in [0.1, 0.15) is 0 Å². The predicted octanol–water partition coefficient (Wildman–Crippen LogP) is 3.63. The van der Waals surface area contributed by atoms with Crippen molar-refractivity contribution in [3.63, 3.8) is 0 Å². The van der Waals surface area contributed by atoms with Crippen LogP contribution in [0.1, 0.15) is 36.6 Å². The monoisotopic (exact) mass is 481 g/mol. The van der Waals surface area contributed by atoms with Crippen molar-refractivity contribution in [1.82, 2.24) is 14.5 Å². The second kappa shape index (κ2) is 11.0. The van der Waals surface area contributed by atoms with Crippen LogP contribution in [0.25, 0.3) is 0 Å². The van der Waals surface area contributed by atoms with E-state index in [1.807, 2.05) is 55.5 Å². The van der Waals surface area contributed by atoms with Gasteiger partial charge < -0.3 is 14.2 Å². The largest absolute Gasteiger partial charge is 0.376 e. The number of amides is 1. The maximum absolute atomic E-state index is 13.3. The van der Waals surface area contributed by atoms with Crippen LogP contribution >= 0.6 is 0 Å². The number of likely N-dealkylation sites (N-methyl/N-ethyl adjacent to an activating group) is 1. The fraction of sp³-hybridized carbons (Fsp3) is 0.385.